The van der Waals surface area contributed by atoms with Gasteiger partial charge in [0.25, 0.3) is 0 Å². The molecule has 2 N–H and O–H groups in total. The Labute approximate surface area is 120 Å². The van der Waals surface area contributed by atoms with Crippen LogP contribution in [-0.4, -0.2) is 18.6 Å². The van der Waals surface area contributed by atoms with Crippen LogP contribution in [0.25, 0.3) is 0 Å². The van der Waals surface area contributed by atoms with Gasteiger partial charge in [0.2, 0.25) is 0 Å². The first kappa shape index (κ1) is 12.0. The summed E-state index contributed by atoms with van der Waals surface area (Å²) in [5, 5.41) is 7.33. The third-order valence-corrected chi connectivity index (χ3v) is 4.49. The van der Waals surface area contributed by atoms with Gasteiger partial charge in [0.15, 0.2) is 0 Å². The van der Waals surface area contributed by atoms with Crippen molar-refractivity contribution in [2.24, 2.45) is 0 Å². The number of hydrogen-bond acceptors (Lipinski definition) is 2. The first-order valence-electron chi connectivity index (χ1n) is 7.53. The van der Waals surface area contributed by atoms with Gasteiger partial charge in [-0.2, -0.15) is 0 Å². The largest absolute Gasteiger partial charge is 0.380 e. The minimum Gasteiger partial charge on any atom is -0.380 e. The monoisotopic (exact) mass is 264 g/mol. The number of anilines is 1. The lowest BCUT2D eigenvalue weighted by Gasteiger charge is -2.12. The van der Waals surface area contributed by atoms with Crippen molar-refractivity contribution in [2.75, 3.05) is 11.9 Å². The van der Waals surface area contributed by atoms with Gasteiger partial charge in [-0.1, -0.05) is 48.5 Å². The fourth-order valence-corrected chi connectivity index (χ4v) is 3.28. The molecule has 2 aromatic carbocycles. The van der Waals surface area contributed by atoms with Crippen molar-refractivity contribution in [1.82, 2.24) is 5.32 Å². The summed E-state index contributed by atoms with van der Waals surface area (Å²) in [5.41, 5.74) is 4.25. The van der Waals surface area contributed by atoms with Crippen LogP contribution in [0.3, 0.4) is 0 Å². The topological polar surface area (TPSA) is 24.1 Å². The molecule has 0 aromatic heterocycles. The molecule has 0 saturated heterocycles. The molecule has 1 saturated carbocycles. The number of rotatable bonds is 4. The summed E-state index contributed by atoms with van der Waals surface area (Å²) in [6.07, 6.45) is 2.43. The lowest BCUT2D eigenvalue weighted by molar-refractivity contribution is 0.604. The Morgan fingerprint density at radius 2 is 1.80 bits per heavy atom. The van der Waals surface area contributed by atoms with Crippen LogP contribution >= 0.6 is 0 Å². The van der Waals surface area contributed by atoms with Gasteiger partial charge in [0.1, 0.15) is 0 Å². The van der Waals surface area contributed by atoms with E-state index in [1.165, 1.54) is 23.2 Å². The van der Waals surface area contributed by atoms with E-state index in [0.717, 1.165) is 18.9 Å². The number of hydrogen-bond donors (Lipinski definition) is 2. The molecule has 0 amide bonds. The van der Waals surface area contributed by atoms with Gasteiger partial charge in [-0.15, -0.1) is 0 Å². The maximum absolute atomic E-state index is 3.72. The fourth-order valence-electron chi connectivity index (χ4n) is 3.28. The maximum atomic E-state index is 3.72. The summed E-state index contributed by atoms with van der Waals surface area (Å²) in [6.45, 7) is 1.06. The highest BCUT2D eigenvalue weighted by Gasteiger charge is 2.38. The van der Waals surface area contributed by atoms with Gasteiger partial charge >= 0.3 is 0 Å². The summed E-state index contributed by atoms with van der Waals surface area (Å²) in [6, 6.07) is 20.7. The number of nitrogens with one attached hydrogen (secondary N) is 2. The van der Waals surface area contributed by atoms with Crippen LogP contribution in [0.15, 0.2) is 54.6 Å². The zero-order valence-corrected chi connectivity index (χ0v) is 11.5. The smallest absolute Gasteiger partial charge is 0.0427 e. The molecular formula is C18H20N2. The van der Waals surface area contributed by atoms with Crippen molar-refractivity contribution >= 4 is 5.69 Å². The summed E-state index contributed by atoms with van der Waals surface area (Å²) < 4.78 is 0. The van der Waals surface area contributed by atoms with E-state index in [0.29, 0.717) is 12.1 Å². The summed E-state index contributed by atoms with van der Waals surface area (Å²) in [7, 11) is 0. The van der Waals surface area contributed by atoms with E-state index in [2.05, 4.69) is 65.2 Å². The molecule has 0 spiro atoms. The summed E-state index contributed by atoms with van der Waals surface area (Å²) >= 11 is 0. The quantitative estimate of drug-likeness (QED) is 0.886. The van der Waals surface area contributed by atoms with E-state index in [1.54, 1.807) is 0 Å². The molecule has 2 heteroatoms. The lowest BCUT2D eigenvalue weighted by atomic mass is 10.1. The molecule has 1 aliphatic carbocycles. The van der Waals surface area contributed by atoms with Crippen LogP contribution in [0.1, 0.15) is 23.5 Å². The van der Waals surface area contributed by atoms with Crippen LogP contribution in [0.5, 0.6) is 0 Å². The highest BCUT2D eigenvalue weighted by molar-refractivity contribution is 5.56. The standard InChI is InChI=1S/C18H20N2/c1-2-6-13(7-3-1)16-11-18(16)19-12-15-10-14-8-4-5-9-17(14)20-15/h1-9,15-16,18-20H,10-12H2. The van der Waals surface area contributed by atoms with E-state index in [1.807, 2.05) is 0 Å². The van der Waals surface area contributed by atoms with Gasteiger partial charge < -0.3 is 10.6 Å². The van der Waals surface area contributed by atoms with Crippen LogP contribution in [0.2, 0.25) is 0 Å². The van der Waals surface area contributed by atoms with Crippen molar-refractivity contribution < 1.29 is 0 Å². The average molecular weight is 264 g/mol. The van der Waals surface area contributed by atoms with Crippen LogP contribution in [0, 0.1) is 0 Å². The minimum absolute atomic E-state index is 0.546. The highest BCUT2D eigenvalue weighted by atomic mass is 15.0. The Morgan fingerprint density at radius 1 is 1.00 bits per heavy atom. The molecule has 2 aliphatic rings. The Hall–Kier alpha value is -1.80. The molecule has 4 rings (SSSR count). The van der Waals surface area contributed by atoms with Crippen molar-refractivity contribution in [1.29, 1.82) is 0 Å². The van der Waals surface area contributed by atoms with E-state index < -0.39 is 0 Å². The molecule has 20 heavy (non-hydrogen) atoms. The molecule has 2 nitrogen and oxygen atoms in total. The highest BCUT2D eigenvalue weighted by Crippen LogP contribution is 2.40. The van der Waals surface area contributed by atoms with E-state index >= 15 is 0 Å². The zero-order chi connectivity index (χ0) is 13.4. The molecule has 1 aliphatic heterocycles. The van der Waals surface area contributed by atoms with E-state index in [-0.39, 0.29) is 0 Å². The molecule has 0 radical (unpaired) electrons. The Kier molecular flexibility index (Phi) is 2.96. The Morgan fingerprint density at radius 3 is 2.65 bits per heavy atom. The Balaban J connectivity index is 1.29. The van der Waals surface area contributed by atoms with Crippen LogP contribution in [0.4, 0.5) is 5.69 Å². The molecule has 3 atom stereocenters. The average Bonchev–Trinajstić information content (AvgIpc) is 3.16. The first-order valence-corrected chi connectivity index (χ1v) is 7.53. The second kappa shape index (κ2) is 4.95. The predicted molar refractivity (Wildman–Crippen MR) is 83.1 cm³/mol. The number of benzene rings is 2. The second-order valence-corrected chi connectivity index (χ2v) is 5.97. The normalized spacial score (nSPS) is 26.9. The van der Waals surface area contributed by atoms with Crippen LogP contribution < -0.4 is 10.6 Å². The Bertz CT molecular complexity index is 568. The minimum atomic E-state index is 0.546. The SMILES string of the molecule is c1ccc(C2CC2NCC2Cc3ccccc3N2)cc1. The molecule has 0 bridgehead atoms. The predicted octanol–water partition coefficient (Wildman–Crippen LogP) is 3.17. The lowest BCUT2D eigenvalue weighted by Crippen LogP contribution is -2.33. The molecule has 2 aromatic rings. The third-order valence-electron chi connectivity index (χ3n) is 4.49. The molecular weight excluding hydrogens is 244 g/mol. The zero-order valence-electron chi connectivity index (χ0n) is 11.5. The maximum Gasteiger partial charge on any atom is 0.0427 e. The van der Waals surface area contributed by atoms with E-state index in [9.17, 15) is 0 Å². The summed E-state index contributed by atoms with van der Waals surface area (Å²) in [5.74, 6) is 0.722. The van der Waals surface area contributed by atoms with Gasteiger partial charge in [-0.25, -0.2) is 0 Å². The molecule has 102 valence electrons. The number of fused-ring (bicyclic) bond motifs is 1. The molecule has 1 heterocycles. The van der Waals surface area contributed by atoms with Gasteiger partial charge in [0.05, 0.1) is 0 Å². The van der Waals surface area contributed by atoms with Crippen molar-refractivity contribution in [3.8, 4) is 0 Å². The van der Waals surface area contributed by atoms with E-state index in [4.69, 9.17) is 0 Å². The van der Waals surface area contributed by atoms with Crippen LogP contribution in [-0.2, 0) is 6.42 Å². The van der Waals surface area contributed by atoms with Crippen molar-refractivity contribution in [2.45, 2.75) is 30.8 Å². The first-order chi connectivity index (χ1) is 9.90. The van der Waals surface area contributed by atoms with Gasteiger partial charge in [0, 0.05) is 30.2 Å². The third kappa shape index (κ3) is 2.32. The molecule has 1 fully saturated rings. The van der Waals surface area contributed by atoms with Gasteiger partial charge in [-0.05, 0) is 30.0 Å². The second-order valence-electron chi connectivity index (χ2n) is 5.97. The van der Waals surface area contributed by atoms with Crippen molar-refractivity contribution in [3.63, 3.8) is 0 Å². The summed E-state index contributed by atoms with van der Waals surface area (Å²) in [4.78, 5) is 0. The number of para-hydroxylation sites is 1. The molecule has 3 unspecified atom stereocenters. The fraction of sp³-hybridized carbons (Fsp3) is 0.333. The van der Waals surface area contributed by atoms with Gasteiger partial charge in [-0.3, -0.25) is 0 Å². The van der Waals surface area contributed by atoms with Crippen molar-refractivity contribution in [3.05, 3.63) is 65.7 Å².